The molecule has 3 rings (SSSR count). The van der Waals surface area contributed by atoms with Gasteiger partial charge in [0.15, 0.2) is 5.16 Å². The Morgan fingerprint density at radius 2 is 2.25 bits per heavy atom. The molecule has 0 unspecified atom stereocenters. The van der Waals surface area contributed by atoms with Gasteiger partial charge in [-0.05, 0) is 26.0 Å². The second-order valence-corrected chi connectivity index (χ2v) is 5.35. The van der Waals surface area contributed by atoms with E-state index >= 15 is 0 Å². The van der Waals surface area contributed by atoms with Crippen LogP contribution >= 0.6 is 11.8 Å². The molecule has 0 atom stereocenters. The first kappa shape index (κ1) is 13.0. The molecule has 7 heteroatoms. The summed E-state index contributed by atoms with van der Waals surface area (Å²) in [5.41, 5.74) is 2.04. The van der Waals surface area contributed by atoms with E-state index in [1.54, 1.807) is 24.4 Å². The lowest BCUT2D eigenvalue weighted by Crippen LogP contribution is -1.99. The number of aromatic nitrogens is 4. The molecule has 3 heterocycles. The van der Waals surface area contributed by atoms with Crippen molar-refractivity contribution in [3.05, 3.63) is 47.5 Å². The third kappa shape index (κ3) is 2.62. The predicted molar refractivity (Wildman–Crippen MR) is 73.4 cm³/mol. The fraction of sp³-hybridized carbons (Fsp3) is 0.308. The standard InChI is InChI=1S/C13H14N4O2S/c1-9-12(10(2)19-16-9)7-20-13-15-14-8-17(13)6-11-4-3-5-18-11/h3-5,8H,6-7H2,1-2H3. The number of hydrogen-bond acceptors (Lipinski definition) is 6. The Labute approximate surface area is 120 Å². The Hall–Kier alpha value is -2.02. The van der Waals surface area contributed by atoms with Gasteiger partial charge in [-0.15, -0.1) is 10.2 Å². The molecule has 0 saturated heterocycles. The van der Waals surface area contributed by atoms with Crippen LogP contribution in [0.15, 0.2) is 38.8 Å². The van der Waals surface area contributed by atoms with Crippen LogP contribution in [0, 0.1) is 13.8 Å². The lowest BCUT2D eigenvalue weighted by molar-refractivity contribution is 0.392. The lowest BCUT2D eigenvalue weighted by Gasteiger charge is -2.04. The molecular weight excluding hydrogens is 276 g/mol. The zero-order valence-corrected chi connectivity index (χ0v) is 12.1. The van der Waals surface area contributed by atoms with E-state index in [2.05, 4.69) is 15.4 Å². The van der Waals surface area contributed by atoms with Crippen molar-refractivity contribution in [2.45, 2.75) is 31.3 Å². The molecule has 0 amide bonds. The smallest absolute Gasteiger partial charge is 0.191 e. The van der Waals surface area contributed by atoms with Crippen molar-refractivity contribution in [2.75, 3.05) is 0 Å². The van der Waals surface area contributed by atoms with Crippen LogP contribution in [-0.4, -0.2) is 19.9 Å². The summed E-state index contributed by atoms with van der Waals surface area (Å²) in [6.07, 6.45) is 3.37. The molecule has 0 aliphatic heterocycles. The highest BCUT2D eigenvalue weighted by Crippen LogP contribution is 2.25. The van der Waals surface area contributed by atoms with Gasteiger partial charge in [0, 0.05) is 11.3 Å². The first-order valence-corrected chi connectivity index (χ1v) is 7.17. The zero-order chi connectivity index (χ0) is 13.9. The Bertz CT molecular complexity index is 668. The van der Waals surface area contributed by atoms with Crippen molar-refractivity contribution in [2.24, 2.45) is 0 Å². The molecule has 3 aromatic rings. The average Bonchev–Trinajstić information content (AvgIpc) is 3.14. The van der Waals surface area contributed by atoms with E-state index in [-0.39, 0.29) is 0 Å². The van der Waals surface area contributed by atoms with Crippen LogP contribution in [0.4, 0.5) is 0 Å². The summed E-state index contributed by atoms with van der Waals surface area (Å²) in [4.78, 5) is 0. The van der Waals surface area contributed by atoms with Gasteiger partial charge in [0.2, 0.25) is 0 Å². The van der Waals surface area contributed by atoms with Gasteiger partial charge in [0.05, 0.1) is 18.5 Å². The van der Waals surface area contributed by atoms with Crippen molar-refractivity contribution in [3.8, 4) is 0 Å². The maximum Gasteiger partial charge on any atom is 0.191 e. The third-order valence-corrected chi connectivity index (χ3v) is 4.02. The van der Waals surface area contributed by atoms with Crippen molar-refractivity contribution < 1.29 is 8.94 Å². The highest BCUT2D eigenvalue weighted by molar-refractivity contribution is 7.98. The predicted octanol–water partition coefficient (Wildman–Crippen LogP) is 2.82. The van der Waals surface area contributed by atoms with Crippen LogP contribution < -0.4 is 0 Å². The van der Waals surface area contributed by atoms with Crippen LogP contribution in [0.1, 0.15) is 22.8 Å². The summed E-state index contributed by atoms with van der Waals surface area (Å²) in [6.45, 7) is 4.49. The van der Waals surface area contributed by atoms with E-state index in [4.69, 9.17) is 8.94 Å². The average molecular weight is 290 g/mol. The minimum atomic E-state index is 0.629. The summed E-state index contributed by atoms with van der Waals surface area (Å²) in [6, 6.07) is 3.80. The van der Waals surface area contributed by atoms with Gasteiger partial charge < -0.3 is 13.5 Å². The summed E-state index contributed by atoms with van der Waals surface area (Å²) in [5, 5.41) is 12.9. The molecule has 6 nitrogen and oxygen atoms in total. The Kier molecular flexibility index (Phi) is 3.60. The van der Waals surface area contributed by atoms with Crippen molar-refractivity contribution in [1.82, 2.24) is 19.9 Å². The fourth-order valence-electron chi connectivity index (χ4n) is 1.88. The van der Waals surface area contributed by atoms with Gasteiger partial charge in [-0.25, -0.2) is 0 Å². The van der Waals surface area contributed by atoms with Crippen LogP contribution in [0.5, 0.6) is 0 Å². The molecule has 0 fully saturated rings. The number of rotatable bonds is 5. The molecule has 0 N–H and O–H groups in total. The molecule has 0 aromatic carbocycles. The molecule has 0 aliphatic carbocycles. The van der Waals surface area contributed by atoms with E-state index in [9.17, 15) is 0 Å². The summed E-state index contributed by atoms with van der Waals surface area (Å²) in [7, 11) is 0. The Morgan fingerprint density at radius 3 is 2.95 bits per heavy atom. The molecule has 0 saturated carbocycles. The van der Waals surface area contributed by atoms with Gasteiger partial charge in [0.1, 0.15) is 17.8 Å². The molecular formula is C13H14N4O2S. The first-order valence-electron chi connectivity index (χ1n) is 6.19. The minimum absolute atomic E-state index is 0.629. The monoisotopic (exact) mass is 290 g/mol. The SMILES string of the molecule is Cc1noc(C)c1CSc1nncn1Cc1ccco1. The van der Waals surface area contributed by atoms with Crippen LogP contribution in [0.3, 0.4) is 0 Å². The van der Waals surface area contributed by atoms with E-state index in [0.717, 1.165) is 33.7 Å². The van der Waals surface area contributed by atoms with Gasteiger partial charge in [-0.1, -0.05) is 16.9 Å². The molecule has 3 aromatic heterocycles. The molecule has 0 bridgehead atoms. The molecule has 0 aliphatic rings. The highest BCUT2D eigenvalue weighted by Gasteiger charge is 2.12. The van der Waals surface area contributed by atoms with Crippen molar-refractivity contribution >= 4 is 11.8 Å². The maximum atomic E-state index is 5.34. The van der Waals surface area contributed by atoms with E-state index < -0.39 is 0 Å². The fourth-order valence-corrected chi connectivity index (χ4v) is 2.95. The lowest BCUT2D eigenvalue weighted by atomic mass is 10.2. The van der Waals surface area contributed by atoms with Crippen molar-refractivity contribution in [3.63, 3.8) is 0 Å². The minimum Gasteiger partial charge on any atom is -0.467 e. The number of furan rings is 1. The number of hydrogen-bond donors (Lipinski definition) is 0. The second-order valence-electron chi connectivity index (χ2n) is 4.41. The largest absolute Gasteiger partial charge is 0.467 e. The van der Waals surface area contributed by atoms with Gasteiger partial charge in [-0.3, -0.25) is 0 Å². The molecule has 0 radical (unpaired) electrons. The number of nitrogens with zero attached hydrogens (tertiary/aromatic N) is 4. The normalized spacial score (nSPS) is 11.1. The molecule has 104 valence electrons. The number of thioether (sulfide) groups is 1. The van der Waals surface area contributed by atoms with Crippen LogP contribution in [0.25, 0.3) is 0 Å². The molecule has 20 heavy (non-hydrogen) atoms. The first-order chi connectivity index (χ1) is 9.74. The Morgan fingerprint density at radius 1 is 1.35 bits per heavy atom. The third-order valence-electron chi connectivity index (χ3n) is 3.01. The van der Waals surface area contributed by atoms with E-state index in [0.29, 0.717) is 6.54 Å². The van der Waals surface area contributed by atoms with Crippen molar-refractivity contribution in [1.29, 1.82) is 0 Å². The topological polar surface area (TPSA) is 69.9 Å². The quantitative estimate of drug-likeness (QED) is 0.673. The maximum absolute atomic E-state index is 5.34. The van der Waals surface area contributed by atoms with Gasteiger partial charge in [0.25, 0.3) is 0 Å². The second kappa shape index (κ2) is 5.54. The van der Waals surface area contributed by atoms with Gasteiger partial charge >= 0.3 is 0 Å². The van der Waals surface area contributed by atoms with E-state index in [1.807, 2.05) is 30.5 Å². The highest BCUT2D eigenvalue weighted by atomic mass is 32.2. The molecule has 0 spiro atoms. The van der Waals surface area contributed by atoms with Gasteiger partial charge in [-0.2, -0.15) is 0 Å². The number of aryl methyl sites for hydroxylation is 2. The summed E-state index contributed by atoms with van der Waals surface area (Å²) in [5.74, 6) is 2.49. The van der Waals surface area contributed by atoms with Crippen LogP contribution in [0.2, 0.25) is 0 Å². The Balaban J connectivity index is 1.71. The van der Waals surface area contributed by atoms with Crippen LogP contribution in [-0.2, 0) is 12.3 Å². The van der Waals surface area contributed by atoms with E-state index in [1.165, 1.54) is 0 Å². The zero-order valence-electron chi connectivity index (χ0n) is 11.2. The summed E-state index contributed by atoms with van der Waals surface area (Å²) >= 11 is 1.61. The summed E-state index contributed by atoms with van der Waals surface area (Å²) < 4.78 is 12.5.